The molecule has 2 aromatic carbocycles. The van der Waals surface area contributed by atoms with Crippen molar-refractivity contribution in [3.8, 4) is 5.75 Å². The summed E-state index contributed by atoms with van der Waals surface area (Å²) in [6, 6.07) is 14.3. The van der Waals surface area contributed by atoms with Crippen LogP contribution in [-0.2, 0) is 0 Å². The van der Waals surface area contributed by atoms with Crippen molar-refractivity contribution in [1.29, 1.82) is 0 Å². The van der Waals surface area contributed by atoms with Crippen LogP contribution in [0.5, 0.6) is 5.75 Å². The summed E-state index contributed by atoms with van der Waals surface area (Å²) >= 11 is 0. The molecule has 0 aliphatic heterocycles. The molecule has 0 saturated carbocycles. The number of hydrogen-bond acceptors (Lipinski definition) is 2. The van der Waals surface area contributed by atoms with E-state index in [0.29, 0.717) is 0 Å². The fourth-order valence-corrected chi connectivity index (χ4v) is 1.96. The second-order valence-electron chi connectivity index (χ2n) is 4.97. The third-order valence-corrected chi connectivity index (χ3v) is 3.06. The first kappa shape index (κ1) is 14.3. The Morgan fingerprint density at radius 1 is 1.05 bits per heavy atom. The Bertz CT molecular complexity index is 585. The summed E-state index contributed by atoms with van der Waals surface area (Å²) in [5.41, 5.74) is 4.55. The predicted molar refractivity (Wildman–Crippen MR) is 85.4 cm³/mol. The van der Waals surface area contributed by atoms with Gasteiger partial charge in [-0.25, -0.2) is 0 Å². The molecule has 2 aromatic rings. The minimum Gasteiger partial charge on any atom is -0.494 e. The predicted octanol–water partition coefficient (Wildman–Crippen LogP) is 4.84. The number of rotatable bonds is 5. The number of aliphatic imine (C=N–C) groups is 1. The Balaban J connectivity index is 2.07. The maximum atomic E-state index is 5.56. The average molecular weight is 267 g/mol. The van der Waals surface area contributed by atoms with Crippen molar-refractivity contribution >= 4 is 11.9 Å². The van der Waals surface area contributed by atoms with Crippen LogP contribution in [0.15, 0.2) is 47.5 Å². The highest BCUT2D eigenvalue weighted by molar-refractivity contribution is 5.82. The molecule has 2 rings (SSSR count). The lowest BCUT2D eigenvalue weighted by atomic mass is 10.1. The highest BCUT2D eigenvalue weighted by atomic mass is 16.5. The lowest BCUT2D eigenvalue weighted by Crippen LogP contribution is -1.94. The zero-order chi connectivity index (χ0) is 14.4. The molecule has 2 nitrogen and oxygen atoms in total. The number of hydrogen-bond donors (Lipinski definition) is 0. The van der Waals surface area contributed by atoms with Crippen molar-refractivity contribution in [3.63, 3.8) is 0 Å². The monoisotopic (exact) mass is 267 g/mol. The molecule has 0 radical (unpaired) electrons. The van der Waals surface area contributed by atoms with Crippen LogP contribution in [0, 0.1) is 13.8 Å². The van der Waals surface area contributed by atoms with Crippen molar-refractivity contribution in [2.24, 2.45) is 4.99 Å². The molecule has 0 aliphatic carbocycles. The van der Waals surface area contributed by atoms with Crippen LogP contribution in [0.1, 0.15) is 30.0 Å². The molecule has 20 heavy (non-hydrogen) atoms. The van der Waals surface area contributed by atoms with Gasteiger partial charge < -0.3 is 4.74 Å². The summed E-state index contributed by atoms with van der Waals surface area (Å²) in [6.45, 7) is 7.04. The van der Waals surface area contributed by atoms with Crippen LogP contribution in [0.2, 0.25) is 0 Å². The Morgan fingerprint density at radius 3 is 2.45 bits per heavy atom. The molecule has 0 atom stereocenters. The molecule has 0 aromatic heterocycles. The van der Waals surface area contributed by atoms with Crippen LogP contribution in [0.3, 0.4) is 0 Å². The van der Waals surface area contributed by atoms with E-state index >= 15 is 0 Å². The number of ether oxygens (including phenoxy) is 1. The Hall–Kier alpha value is -2.09. The van der Waals surface area contributed by atoms with Crippen LogP contribution in [0.4, 0.5) is 5.69 Å². The Morgan fingerprint density at radius 2 is 1.80 bits per heavy atom. The third-order valence-electron chi connectivity index (χ3n) is 3.06. The molecule has 0 unspecified atom stereocenters. The van der Waals surface area contributed by atoms with Crippen molar-refractivity contribution in [2.45, 2.75) is 27.2 Å². The summed E-state index contributed by atoms with van der Waals surface area (Å²) in [6.07, 6.45) is 2.91. The summed E-state index contributed by atoms with van der Waals surface area (Å²) in [5.74, 6) is 0.913. The van der Waals surface area contributed by atoms with E-state index in [4.69, 9.17) is 4.74 Å². The lowest BCUT2D eigenvalue weighted by Gasteiger charge is -2.04. The number of nitrogens with zero attached hydrogens (tertiary/aromatic N) is 1. The van der Waals surface area contributed by atoms with Gasteiger partial charge in [-0.3, -0.25) is 4.99 Å². The van der Waals surface area contributed by atoms with Gasteiger partial charge in [0.1, 0.15) is 5.75 Å². The van der Waals surface area contributed by atoms with Gasteiger partial charge in [-0.15, -0.1) is 0 Å². The van der Waals surface area contributed by atoms with Gasteiger partial charge in [0, 0.05) is 6.21 Å². The normalized spacial score (nSPS) is 10.9. The second kappa shape index (κ2) is 6.90. The first-order valence-corrected chi connectivity index (χ1v) is 7.03. The first-order valence-electron chi connectivity index (χ1n) is 7.03. The number of aryl methyl sites for hydroxylation is 2. The zero-order valence-corrected chi connectivity index (χ0v) is 12.4. The smallest absolute Gasteiger partial charge is 0.119 e. The van der Waals surface area contributed by atoms with E-state index in [0.717, 1.165) is 30.0 Å². The second-order valence-corrected chi connectivity index (χ2v) is 4.97. The summed E-state index contributed by atoms with van der Waals surface area (Å²) in [5, 5.41) is 0. The Labute approximate surface area is 121 Å². The standard InChI is InChI=1S/C18H21NO/c1-4-11-20-17-8-6-16(7-9-17)13-19-18-10-5-14(2)12-15(18)3/h5-10,12-13H,4,11H2,1-3H3. The molecule has 0 amide bonds. The SMILES string of the molecule is CCCOc1ccc(C=Nc2ccc(C)cc2C)cc1. The van der Waals surface area contributed by atoms with Gasteiger partial charge in [-0.05, 0) is 61.7 Å². The van der Waals surface area contributed by atoms with Crippen molar-refractivity contribution < 1.29 is 4.74 Å². The van der Waals surface area contributed by atoms with E-state index < -0.39 is 0 Å². The molecule has 104 valence electrons. The maximum Gasteiger partial charge on any atom is 0.119 e. The van der Waals surface area contributed by atoms with Gasteiger partial charge in [-0.2, -0.15) is 0 Å². The van der Waals surface area contributed by atoms with Crippen LogP contribution < -0.4 is 4.74 Å². The van der Waals surface area contributed by atoms with E-state index in [1.165, 1.54) is 11.1 Å². The zero-order valence-electron chi connectivity index (χ0n) is 12.4. The maximum absolute atomic E-state index is 5.56. The molecule has 0 aliphatic rings. The van der Waals surface area contributed by atoms with E-state index in [2.05, 4.69) is 44.0 Å². The van der Waals surface area contributed by atoms with Gasteiger partial charge in [0.2, 0.25) is 0 Å². The fourth-order valence-electron chi connectivity index (χ4n) is 1.96. The number of benzene rings is 2. The minimum atomic E-state index is 0.760. The topological polar surface area (TPSA) is 21.6 Å². The molecule has 0 fully saturated rings. The van der Waals surface area contributed by atoms with Gasteiger partial charge in [0.05, 0.1) is 12.3 Å². The van der Waals surface area contributed by atoms with E-state index in [-0.39, 0.29) is 0 Å². The van der Waals surface area contributed by atoms with Gasteiger partial charge in [0.25, 0.3) is 0 Å². The molecular weight excluding hydrogens is 246 g/mol. The largest absolute Gasteiger partial charge is 0.494 e. The van der Waals surface area contributed by atoms with Crippen LogP contribution in [-0.4, -0.2) is 12.8 Å². The summed E-state index contributed by atoms with van der Waals surface area (Å²) in [4.78, 5) is 4.54. The quantitative estimate of drug-likeness (QED) is 0.710. The van der Waals surface area contributed by atoms with Crippen LogP contribution in [0.25, 0.3) is 0 Å². The van der Waals surface area contributed by atoms with E-state index in [1.807, 2.05) is 30.5 Å². The highest BCUT2D eigenvalue weighted by Crippen LogP contribution is 2.19. The van der Waals surface area contributed by atoms with E-state index in [9.17, 15) is 0 Å². The van der Waals surface area contributed by atoms with Crippen molar-refractivity contribution in [1.82, 2.24) is 0 Å². The first-order chi connectivity index (χ1) is 9.69. The highest BCUT2D eigenvalue weighted by Gasteiger charge is 1.96. The molecule has 0 spiro atoms. The van der Waals surface area contributed by atoms with Crippen molar-refractivity contribution in [2.75, 3.05) is 6.61 Å². The summed E-state index contributed by atoms with van der Waals surface area (Å²) < 4.78 is 5.56. The van der Waals surface area contributed by atoms with Crippen molar-refractivity contribution in [3.05, 3.63) is 59.2 Å². The molecule has 2 heteroatoms. The van der Waals surface area contributed by atoms with E-state index in [1.54, 1.807) is 0 Å². The van der Waals surface area contributed by atoms with Gasteiger partial charge in [-0.1, -0.05) is 24.6 Å². The van der Waals surface area contributed by atoms with Gasteiger partial charge in [0.15, 0.2) is 0 Å². The summed E-state index contributed by atoms with van der Waals surface area (Å²) in [7, 11) is 0. The van der Waals surface area contributed by atoms with Crippen LogP contribution >= 0.6 is 0 Å². The fraction of sp³-hybridized carbons (Fsp3) is 0.278. The Kier molecular flexibility index (Phi) is 4.94. The molecule has 0 N–H and O–H groups in total. The third kappa shape index (κ3) is 3.95. The van der Waals surface area contributed by atoms with Gasteiger partial charge >= 0.3 is 0 Å². The molecule has 0 heterocycles. The minimum absolute atomic E-state index is 0.760. The average Bonchev–Trinajstić information content (AvgIpc) is 2.45. The molecular formula is C18H21NO. The lowest BCUT2D eigenvalue weighted by molar-refractivity contribution is 0.317. The molecule has 0 saturated heterocycles. The molecule has 0 bridgehead atoms.